The minimum Gasteiger partial charge on any atom is -0.342 e. The van der Waals surface area contributed by atoms with E-state index in [1.54, 1.807) is 4.90 Å². The molecular weight excluding hydrogens is 350 g/mol. The number of carbonyl (C=O) groups excluding carboxylic acids is 2. The molecular formula is C21H22F2N2O2. The molecule has 1 fully saturated rings. The first kappa shape index (κ1) is 19.0. The normalized spacial score (nSPS) is 14.8. The largest absolute Gasteiger partial charge is 0.342 e. The number of carbonyl (C=O) groups is 2. The predicted molar refractivity (Wildman–Crippen MR) is 99.1 cm³/mol. The van der Waals surface area contributed by atoms with Gasteiger partial charge in [0.05, 0.1) is 5.69 Å². The molecule has 1 heterocycles. The maximum Gasteiger partial charge on any atom is 0.233 e. The van der Waals surface area contributed by atoms with E-state index in [4.69, 9.17) is 0 Å². The topological polar surface area (TPSA) is 49.4 Å². The highest BCUT2D eigenvalue weighted by Gasteiger charge is 2.24. The van der Waals surface area contributed by atoms with E-state index in [0.29, 0.717) is 25.1 Å². The third-order valence-electron chi connectivity index (χ3n) is 4.85. The van der Waals surface area contributed by atoms with Gasteiger partial charge in [-0.3, -0.25) is 9.59 Å². The molecule has 3 rings (SSSR count). The van der Waals surface area contributed by atoms with Gasteiger partial charge in [0.25, 0.3) is 0 Å². The summed E-state index contributed by atoms with van der Waals surface area (Å²) in [6, 6.07) is 13.1. The maximum atomic E-state index is 13.6. The highest BCUT2D eigenvalue weighted by Crippen LogP contribution is 2.22. The number of piperidine rings is 1. The van der Waals surface area contributed by atoms with Crippen LogP contribution in [0.5, 0.6) is 0 Å². The van der Waals surface area contributed by atoms with Crippen LogP contribution in [0.2, 0.25) is 0 Å². The van der Waals surface area contributed by atoms with Crippen LogP contribution in [0.1, 0.15) is 24.8 Å². The second kappa shape index (κ2) is 8.75. The van der Waals surface area contributed by atoms with Crippen LogP contribution in [0.25, 0.3) is 0 Å². The van der Waals surface area contributed by atoms with Gasteiger partial charge in [-0.25, -0.2) is 8.78 Å². The van der Waals surface area contributed by atoms with Crippen LogP contribution < -0.4 is 5.32 Å². The van der Waals surface area contributed by atoms with Gasteiger partial charge in [0.15, 0.2) is 0 Å². The van der Waals surface area contributed by atoms with E-state index in [2.05, 4.69) is 17.4 Å². The maximum absolute atomic E-state index is 13.6. The number of halogens is 2. The van der Waals surface area contributed by atoms with Gasteiger partial charge in [0.1, 0.15) is 18.1 Å². The second-order valence-corrected chi connectivity index (χ2v) is 6.86. The Kier molecular flexibility index (Phi) is 6.16. The molecule has 2 amide bonds. The van der Waals surface area contributed by atoms with Gasteiger partial charge < -0.3 is 10.2 Å². The van der Waals surface area contributed by atoms with Crippen molar-refractivity contribution in [1.82, 2.24) is 4.90 Å². The molecule has 0 aromatic heterocycles. The number of nitrogens with one attached hydrogen (secondary N) is 1. The van der Waals surface area contributed by atoms with E-state index in [1.165, 1.54) is 5.56 Å². The third kappa shape index (κ3) is 5.36. The first-order chi connectivity index (χ1) is 13.0. The summed E-state index contributed by atoms with van der Waals surface area (Å²) in [4.78, 5) is 26.0. The number of rotatable bonds is 5. The third-order valence-corrected chi connectivity index (χ3v) is 4.85. The lowest BCUT2D eigenvalue weighted by Crippen LogP contribution is -2.40. The molecule has 0 spiro atoms. The molecule has 27 heavy (non-hydrogen) atoms. The van der Waals surface area contributed by atoms with Crippen LogP contribution in [0.15, 0.2) is 48.5 Å². The Morgan fingerprint density at radius 2 is 1.74 bits per heavy atom. The van der Waals surface area contributed by atoms with E-state index in [-0.39, 0.29) is 18.0 Å². The molecule has 0 radical (unpaired) electrons. The minimum absolute atomic E-state index is 0.129. The number of hydrogen-bond donors (Lipinski definition) is 1. The number of hydrogen-bond acceptors (Lipinski definition) is 2. The standard InChI is InChI=1S/C21H22F2N2O2/c22-17-6-7-19(18(23)13-17)24-20(26)14-21(27)25-10-8-16(9-11-25)12-15-4-2-1-3-5-15/h1-7,13,16H,8-12,14H2,(H,24,26). The fourth-order valence-electron chi connectivity index (χ4n) is 3.37. The average molecular weight is 372 g/mol. The summed E-state index contributed by atoms with van der Waals surface area (Å²) in [5.74, 6) is -1.93. The quantitative estimate of drug-likeness (QED) is 0.812. The molecule has 4 nitrogen and oxygen atoms in total. The summed E-state index contributed by atoms with van der Waals surface area (Å²) in [7, 11) is 0. The van der Waals surface area contributed by atoms with Crippen LogP contribution in [0.3, 0.4) is 0 Å². The lowest BCUT2D eigenvalue weighted by atomic mass is 9.90. The summed E-state index contributed by atoms with van der Waals surface area (Å²) in [5.41, 5.74) is 1.17. The first-order valence-corrected chi connectivity index (χ1v) is 9.08. The van der Waals surface area contributed by atoms with Crippen LogP contribution in [-0.4, -0.2) is 29.8 Å². The molecule has 0 unspecified atom stereocenters. The molecule has 0 aliphatic carbocycles. The van der Waals surface area contributed by atoms with Crippen molar-refractivity contribution >= 4 is 17.5 Å². The van der Waals surface area contributed by atoms with Crippen LogP contribution in [0.4, 0.5) is 14.5 Å². The fourth-order valence-corrected chi connectivity index (χ4v) is 3.37. The molecule has 142 valence electrons. The van der Waals surface area contributed by atoms with Crippen molar-refractivity contribution < 1.29 is 18.4 Å². The second-order valence-electron chi connectivity index (χ2n) is 6.86. The lowest BCUT2D eigenvalue weighted by molar-refractivity contribution is -0.135. The van der Waals surface area contributed by atoms with E-state index in [9.17, 15) is 18.4 Å². The van der Waals surface area contributed by atoms with Gasteiger partial charge in [-0.2, -0.15) is 0 Å². The number of benzene rings is 2. The molecule has 6 heteroatoms. The smallest absolute Gasteiger partial charge is 0.233 e. The Bertz CT molecular complexity index is 803. The number of nitrogens with zero attached hydrogens (tertiary/aromatic N) is 1. The summed E-state index contributed by atoms with van der Waals surface area (Å²) in [6.07, 6.45) is 2.44. The zero-order chi connectivity index (χ0) is 19.2. The van der Waals surface area contributed by atoms with Gasteiger partial charge in [-0.15, -0.1) is 0 Å². The van der Waals surface area contributed by atoms with Crippen molar-refractivity contribution in [3.63, 3.8) is 0 Å². The average Bonchev–Trinajstić information content (AvgIpc) is 2.65. The summed E-state index contributed by atoms with van der Waals surface area (Å²) < 4.78 is 26.5. The Morgan fingerprint density at radius 3 is 2.41 bits per heavy atom. The minimum atomic E-state index is -0.863. The number of likely N-dealkylation sites (tertiary alicyclic amines) is 1. The van der Waals surface area contributed by atoms with Crippen LogP contribution in [0, 0.1) is 17.6 Å². The monoisotopic (exact) mass is 372 g/mol. The molecule has 1 saturated heterocycles. The lowest BCUT2D eigenvalue weighted by Gasteiger charge is -2.32. The van der Waals surface area contributed by atoms with Gasteiger partial charge in [-0.05, 0) is 42.9 Å². The number of anilines is 1. The molecule has 1 aliphatic rings. The highest BCUT2D eigenvalue weighted by molar-refractivity contribution is 6.03. The van der Waals surface area contributed by atoms with Crippen molar-refractivity contribution in [3.05, 3.63) is 65.7 Å². The zero-order valence-electron chi connectivity index (χ0n) is 15.0. The summed E-state index contributed by atoms with van der Waals surface area (Å²) in [5, 5.41) is 2.32. The number of amides is 2. The van der Waals surface area contributed by atoms with Crippen molar-refractivity contribution in [2.75, 3.05) is 18.4 Å². The van der Waals surface area contributed by atoms with Crippen molar-refractivity contribution in [1.29, 1.82) is 0 Å². The van der Waals surface area contributed by atoms with Crippen LogP contribution >= 0.6 is 0 Å². The predicted octanol–water partition coefficient (Wildman–Crippen LogP) is 3.77. The molecule has 2 aromatic rings. The SMILES string of the molecule is O=C(CC(=O)N1CCC(Cc2ccccc2)CC1)Nc1ccc(F)cc1F. The molecule has 0 atom stereocenters. The fraction of sp³-hybridized carbons (Fsp3) is 0.333. The Hall–Kier alpha value is -2.76. The Labute approximate surface area is 157 Å². The molecule has 1 aliphatic heterocycles. The zero-order valence-corrected chi connectivity index (χ0v) is 15.0. The first-order valence-electron chi connectivity index (χ1n) is 9.08. The highest BCUT2D eigenvalue weighted by atomic mass is 19.1. The van der Waals surface area contributed by atoms with Crippen molar-refractivity contribution in [3.8, 4) is 0 Å². The van der Waals surface area contributed by atoms with E-state index in [1.807, 2.05) is 18.2 Å². The molecule has 0 saturated carbocycles. The van der Waals surface area contributed by atoms with E-state index in [0.717, 1.165) is 31.4 Å². The van der Waals surface area contributed by atoms with Gasteiger partial charge in [-0.1, -0.05) is 30.3 Å². The van der Waals surface area contributed by atoms with Gasteiger partial charge in [0.2, 0.25) is 11.8 Å². The Morgan fingerprint density at radius 1 is 1.04 bits per heavy atom. The molecule has 1 N–H and O–H groups in total. The summed E-state index contributed by atoms with van der Waals surface area (Å²) in [6.45, 7) is 1.24. The van der Waals surface area contributed by atoms with Crippen molar-refractivity contribution in [2.45, 2.75) is 25.7 Å². The summed E-state index contributed by atoms with van der Waals surface area (Å²) >= 11 is 0. The van der Waals surface area contributed by atoms with Gasteiger partial charge >= 0.3 is 0 Å². The van der Waals surface area contributed by atoms with E-state index >= 15 is 0 Å². The van der Waals surface area contributed by atoms with E-state index < -0.39 is 17.5 Å². The molecule has 2 aromatic carbocycles. The van der Waals surface area contributed by atoms with Crippen LogP contribution in [-0.2, 0) is 16.0 Å². The Balaban J connectivity index is 1.45. The van der Waals surface area contributed by atoms with Crippen molar-refractivity contribution in [2.24, 2.45) is 5.92 Å². The van der Waals surface area contributed by atoms with Gasteiger partial charge in [0, 0.05) is 19.2 Å². The molecule has 0 bridgehead atoms.